The van der Waals surface area contributed by atoms with Crippen LogP contribution in [0.2, 0.25) is 0 Å². The smallest absolute Gasteiger partial charge is 0.188 e. The molecule has 0 bridgehead atoms. The third-order valence-corrected chi connectivity index (χ3v) is 4.65. The molecule has 1 fully saturated rings. The van der Waals surface area contributed by atoms with Crippen LogP contribution in [0.1, 0.15) is 26.7 Å². The summed E-state index contributed by atoms with van der Waals surface area (Å²) in [5, 5.41) is 3.01. The Morgan fingerprint density at radius 1 is 1.50 bits per heavy atom. The van der Waals surface area contributed by atoms with Gasteiger partial charge in [0.2, 0.25) is 0 Å². The average Bonchev–Trinajstić information content (AvgIpc) is 2.22. The van der Waals surface area contributed by atoms with Crippen LogP contribution in [-0.2, 0) is 9.84 Å². The van der Waals surface area contributed by atoms with Crippen LogP contribution in [0.5, 0.6) is 0 Å². The van der Waals surface area contributed by atoms with E-state index in [1.54, 1.807) is 0 Å². The maximum atomic E-state index is 11.4. The molecule has 1 heterocycles. The van der Waals surface area contributed by atoms with Crippen molar-refractivity contribution in [3.8, 4) is 0 Å². The van der Waals surface area contributed by atoms with Crippen LogP contribution in [-0.4, -0.2) is 39.0 Å². The van der Waals surface area contributed by atoms with E-state index in [0.29, 0.717) is 30.7 Å². The van der Waals surface area contributed by atoms with Gasteiger partial charge in [0.1, 0.15) is 0 Å². The first-order valence-corrected chi connectivity index (χ1v) is 7.95. The molecule has 108 valence electrons. The monoisotopic (exact) mass is 389 g/mol. The van der Waals surface area contributed by atoms with Gasteiger partial charge in [0.25, 0.3) is 0 Å². The number of halogens is 1. The number of aliphatic imine (C=N–C) groups is 1. The highest BCUT2D eigenvalue weighted by Gasteiger charge is 2.24. The Kier molecular flexibility index (Phi) is 8.16. The summed E-state index contributed by atoms with van der Waals surface area (Å²) in [4.78, 5) is 4.18. The Bertz CT molecular complexity index is 368. The third kappa shape index (κ3) is 7.40. The summed E-state index contributed by atoms with van der Waals surface area (Å²) in [6.07, 6.45) is 1.71. The van der Waals surface area contributed by atoms with Gasteiger partial charge < -0.3 is 11.1 Å². The lowest BCUT2D eigenvalue weighted by Crippen LogP contribution is -2.39. The van der Waals surface area contributed by atoms with Gasteiger partial charge in [0, 0.05) is 13.1 Å². The minimum absolute atomic E-state index is 0. The Hall–Kier alpha value is -0.0500. The maximum Gasteiger partial charge on any atom is 0.188 e. The van der Waals surface area contributed by atoms with Crippen molar-refractivity contribution in [3.05, 3.63) is 0 Å². The van der Waals surface area contributed by atoms with Crippen molar-refractivity contribution in [2.24, 2.45) is 22.6 Å². The number of hydrogen-bond donors (Lipinski definition) is 2. The first-order chi connectivity index (χ1) is 7.89. The zero-order chi connectivity index (χ0) is 12.9. The Labute approximate surface area is 127 Å². The summed E-state index contributed by atoms with van der Waals surface area (Å²) in [6.45, 7) is 5.45. The van der Waals surface area contributed by atoms with Crippen LogP contribution in [0.4, 0.5) is 0 Å². The number of guanidine groups is 1. The molecular weight excluding hydrogens is 365 g/mol. The summed E-state index contributed by atoms with van der Waals surface area (Å²) in [7, 11) is -2.83. The number of hydrogen-bond acceptors (Lipinski definition) is 3. The average molecular weight is 389 g/mol. The molecule has 3 N–H and O–H groups in total. The highest BCUT2D eigenvalue weighted by Crippen LogP contribution is 2.17. The fraction of sp³-hybridized carbons (Fsp3) is 0.909. The van der Waals surface area contributed by atoms with E-state index in [0.717, 1.165) is 12.8 Å². The van der Waals surface area contributed by atoms with Gasteiger partial charge in [0.05, 0.1) is 11.5 Å². The van der Waals surface area contributed by atoms with Gasteiger partial charge in [-0.25, -0.2) is 8.42 Å². The zero-order valence-corrected chi connectivity index (χ0v) is 14.2. The minimum Gasteiger partial charge on any atom is -0.370 e. The molecular formula is C11H24IN3O2S. The summed E-state index contributed by atoms with van der Waals surface area (Å²) >= 11 is 0. The number of sulfone groups is 1. The fourth-order valence-corrected chi connectivity index (χ4v) is 3.64. The molecule has 0 aromatic carbocycles. The predicted molar refractivity (Wildman–Crippen MR) is 86.1 cm³/mol. The molecule has 0 saturated carbocycles. The van der Waals surface area contributed by atoms with Crippen molar-refractivity contribution in [2.75, 3.05) is 24.6 Å². The molecule has 5 nitrogen and oxygen atoms in total. The van der Waals surface area contributed by atoms with Crippen molar-refractivity contribution in [1.29, 1.82) is 0 Å². The van der Waals surface area contributed by atoms with Gasteiger partial charge in [-0.15, -0.1) is 24.0 Å². The maximum absolute atomic E-state index is 11.4. The van der Waals surface area contributed by atoms with E-state index in [4.69, 9.17) is 5.73 Å². The molecule has 7 heteroatoms. The van der Waals surface area contributed by atoms with E-state index in [1.807, 2.05) is 0 Å². The lowest BCUT2D eigenvalue weighted by Gasteiger charge is -2.22. The van der Waals surface area contributed by atoms with Crippen molar-refractivity contribution in [3.63, 3.8) is 0 Å². The first kappa shape index (κ1) is 17.9. The van der Waals surface area contributed by atoms with Gasteiger partial charge in [0.15, 0.2) is 15.8 Å². The highest BCUT2D eigenvalue weighted by atomic mass is 127. The van der Waals surface area contributed by atoms with Gasteiger partial charge >= 0.3 is 0 Å². The first-order valence-electron chi connectivity index (χ1n) is 6.13. The van der Waals surface area contributed by atoms with Crippen LogP contribution in [0, 0.1) is 11.8 Å². The third-order valence-electron chi connectivity index (χ3n) is 2.76. The second-order valence-electron chi connectivity index (χ2n) is 5.12. The number of nitrogens with zero attached hydrogens (tertiary/aromatic N) is 1. The van der Waals surface area contributed by atoms with Crippen molar-refractivity contribution in [1.82, 2.24) is 5.32 Å². The molecule has 1 unspecified atom stereocenters. The molecule has 0 spiro atoms. The molecule has 0 aromatic rings. The van der Waals surface area contributed by atoms with Crippen LogP contribution in [0.15, 0.2) is 4.99 Å². The molecule has 18 heavy (non-hydrogen) atoms. The van der Waals surface area contributed by atoms with Crippen molar-refractivity contribution in [2.45, 2.75) is 26.7 Å². The van der Waals surface area contributed by atoms with Crippen molar-refractivity contribution >= 4 is 39.8 Å². The van der Waals surface area contributed by atoms with E-state index in [9.17, 15) is 8.42 Å². The SMILES string of the molecule is CC(C)CN=C(N)NCC1CCCS(=O)(=O)C1.I. The van der Waals surface area contributed by atoms with Crippen LogP contribution >= 0.6 is 24.0 Å². The lowest BCUT2D eigenvalue weighted by molar-refractivity contribution is 0.478. The predicted octanol–water partition coefficient (Wildman–Crippen LogP) is 0.989. The van der Waals surface area contributed by atoms with E-state index < -0.39 is 9.84 Å². The molecule has 0 amide bonds. The van der Waals surface area contributed by atoms with Crippen LogP contribution < -0.4 is 11.1 Å². The Morgan fingerprint density at radius 3 is 2.72 bits per heavy atom. The minimum atomic E-state index is -2.83. The fourth-order valence-electron chi connectivity index (χ4n) is 1.86. The summed E-state index contributed by atoms with van der Waals surface area (Å²) in [6, 6.07) is 0. The summed E-state index contributed by atoms with van der Waals surface area (Å²) in [5.74, 6) is 1.67. The highest BCUT2D eigenvalue weighted by molar-refractivity contribution is 14.0. The Morgan fingerprint density at radius 2 is 2.17 bits per heavy atom. The number of rotatable bonds is 4. The normalized spacial score (nSPS) is 23.5. The Balaban J connectivity index is 0.00000289. The van der Waals surface area contributed by atoms with Gasteiger partial charge in [-0.05, 0) is 24.7 Å². The van der Waals surface area contributed by atoms with Crippen LogP contribution in [0.25, 0.3) is 0 Å². The molecule has 1 saturated heterocycles. The molecule has 0 aliphatic carbocycles. The molecule has 1 atom stereocenters. The van der Waals surface area contributed by atoms with Gasteiger partial charge in [-0.1, -0.05) is 13.8 Å². The van der Waals surface area contributed by atoms with Crippen molar-refractivity contribution < 1.29 is 8.42 Å². The number of nitrogens with one attached hydrogen (secondary N) is 1. The molecule has 1 rings (SSSR count). The van der Waals surface area contributed by atoms with E-state index in [2.05, 4.69) is 24.2 Å². The topological polar surface area (TPSA) is 84.5 Å². The largest absolute Gasteiger partial charge is 0.370 e. The molecule has 1 aliphatic rings. The van der Waals surface area contributed by atoms with Crippen LogP contribution in [0.3, 0.4) is 0 Å². The zero-order valence-electron chi connectivity index (χ0n) is 11.1. The van der Waals surface area contributed by atoms with E-state index >= 15 is 0 Å². The molecule has 0 radical (unpaired) electrons. The van der Waals surface area contributed by atoms with E-state index in [1.165, 1.54) is 0 Å². The standard InChI is InChI=1S/C11H23N3O2S.HI/c1-9(2)6-13-11(12)14-7-10-4-3-5-17(15,16)8-10;/h9-10H,3-8H2,1-2H3,(H3,12,13,14);1H. The summed E-state index contributed by atoms with van der Waals surface area (Å²) in [5.41, 5.74) is 5.70. The molecule has 1 aliphatic heterocycles. The van der Waals surface area contributed by atoms with Gasteiger partial charge in [-0.2, -0.15) is 0 Å². The van der Waals surface area contributed by atoms with E-state index in [-0.39, 0.29) is 35.6 Å². The van der Waals surface area contributed by atoms with Gasteiger partial charge in [-0.3, -0.25) is 4.99 Å². The summed E-state index contributed by atoms with van der Waals surface area (Å²) < 4.78 is 22.9. The quantitative estimate of drug-likeness (QED) is 0.427. The second kappa shape index (κ2) is 8.19. The molecule has 0 aromatic heterocycles. The lowest BCUT2D eigenvalue weighted by atomic mass is 10.1. The second-order valence-corrected chi connectivity index (χ2v) is 7.35. The number of nitrogens with two attached hydrogens (primary N) is 1.